The molecule has 0 radical (unpaired) electrons. The van der Waals surface area contributed by atoms with Crippen LogP contribution in [0.4, 0.5) is 0 Å². The van der Waals surface area contributed by atoms with Gasteiger partial charge in [-0.1, -0.05) is 31.2 Å². The largest absolute Gasteiger partial charge is 0.361 e. The first-order chi connectivity index (χ1) is 9.40. The van der Waals surface area contributed by atoms with Crippen LogP contribution in [0, 0.1) is 0 Å². The molecule has 5 heteroatoms. The van der Waals surface area contributed by atoms with Crippen molar-refractivity contribution < 1.29 is 9.53 Å². The molecular weight excluding hydrogens is 290 g/mol. The molecule has 2 rings (SSSR count). The van der Waals surface area contributed by atoms with Gasteiger partial charge in [-0.25, -0.2) is 0 Å². The molecule has 0 aliphatic rings. The van der Waals surface area contributed by atoms with Gasteiger partial charge < -0.3 is 9.30 Å². The summed E-state index contributed by atoms with van der Waals surface area (Å²) in [7, 11) is -1.07. The van der Waals surface area contributed by atoms with Crippen molar-refractivity contribution in [3.63, 3.8) is 0 Å². The van der Waals surface area contributed by atoms with Crippen molar-refractivity contribution in [2.45, 2.75) is 32.4 Å². The summed E-state index contributed by atoms with van der Waals surface area (Å²) in [6.45, 7) is 8.21. The van der Waals surface area contributed by atoms with Gasteiger partial charge in [0.15, 0.2) is 6.29 Å². The SMILES string of the molecule is C[Si](C)(C)CCOCn1cc(C=O)c2cc(Cl)ccc21. The van der Waals surface area contributed by atoms with Gasteiger partial charge in [-0.05, 0) is 24.2 Å². The second-order valence-electron chi connectivity index (χ2n) is 6.18. The van der Waals surface area contributed by atoms with Gasteiger partial charge in [0.05, 0.1) is 5.52 Å². The quantitative estimate of drug-likeness (QED) is 0.449. The van der Waals surface area contributed by atoms with E-state index in [1.54, 1.807) is 0 Å². The second-order valence-corrected chi connectivity index (χ2v) is 12.2. The van der Waals surface area contributed by atoms with Crippen LogP contribution in [-0.4, -0.2) is 25.5 Å². The molecule has 0 spiro atoms. The second kappa shape index (κ2) is 6.12. The zero-order valence-electron chi connectivity index (χ0n) is 12.1. The Morgan fingerprint density at radius 1 is 1.35 bits per heavy atom. The molecule has 1 heterocycles. The van der Waals surface area contributed by atoms with Crippen LogP contribution in [0.15, 0.2) is 24.4 Å². The molecular formula is C15H20ClNO2Si. The van der Waals surface area contributed by atoms with Crippen LogP contribution in [0.3, 0.4) is 0 Å². The molecule has 0 N–H and O–H groups in total. The highest BCUT2D eigenvalue weighted by atomic mass is 35.5. The molecule has 3 nitrogen and oxygen atoms in total. The fourth-order valence-electron chi connectivity index (χ4n) is 2.04. The van der Waals surface area contributed by atoms with Crippen molar-refractivity contribution >= 4 is 36.9 Å². The fraction of sp³-hybridized carbons (Fsp3) is 0.400. The fourth-order valence-corrected chi connectivity index (χ4v) is 2.97. The molecule has 0 amide bonds. The monoisotopic (exact) mass is 309 g/mol. The number of rotatable bonds is 6. The number of carbonyl (C=O) groups is 1. The third-order valence-corrected chi connectivity index (χ3v) is 5.17. The van der Waals surface area contributed by atoms with Crippen molar-refractivity contribution in [1.82, 2.24) is 4.57 Å². The maximum atomic E-state index is 11.1. The van der Waals surface area contributed by atoms with Gasteiger partial charge in [0, 0.05) is 36.8 Å². The van der Waals surface area contributed by atoms with E-state index in [9.17, 15) is 4.79 Å². The van der Waals surface area contributed by atoms with E-state index in [2.05, 4.69) is 19.6 Å². The van der Waals surface area contributed by atoms with E-state index in [1.165, 1.54) is 0 Å². The smallest absolute Gasteiger partial charge is 0.152 e. The van der Waals surface area contributed by atoms with Crippen molar-refractivity contribution in [3.8, 4) is 0 Å². The molecule has 2 aromatic rings. The van der Waals surface area contributed by atoms with E-state index in [4.69, 9.17) is 16.3 Å². The van der Waals surface area contributed by atoms with Crippen LogP contribution in [0.2, 0.25) is 30.7 Å². The zero-order valence-corrected chi connectivity index (χ0v) is 13.9. The molecule has 20 heavy (non-hydrogen) atoms. The molecule has 1 aromatic carbocycles. The number of fused-ring (bicyclic) bond motifs is 1. The van der Waals surface area contributed by atoms with E-state index in [1.807, 2.05) is 29.0 Å². The Labute approximate surface area is 125 Å². The Morgan fingerprint density at radius 3 is 2.75 bits per heavy atom. The summed E-state index contributed by atoms with van der Waals surface area (Å²) in [4.78, 5) is 11.1. The number of hydrogen-bond donors (Lipinski definition) is 0. The lowest BCUT2D eigenvalue weighted by atomic mass is 10.2. The highest BCUT2D eigenvalue weighted by Crippen LogP contribution is 2.24. The van der Waals surface area contributed by atoms with E-state index >= 15 is 0 Å². The Morgan fingerprint density at radius 2 is 2.10 bits per heavy atom. The maximum Gasteiger partial charge on any atom is 0.152 e. The van der Waals surface area contributed by atoms with Crippen molar-refractivity contribution in [2.75, 3.05) is 6.61 Å². The van der Waals surface area contributed by atoms with Gasteiger partial charge in [-0.2, -0.15) is 0 Å². The highest BCUT2D eigenvalue weighted by Gasteiger charge is 2.13. The minimum Gasteiger partial charge on any atom is -0.361 e. The van der Waals surface area contributed by atoms with Crippen LogP contribution in [0.5, 0.6) is 0 Å². The lowest BCUT2D eigenvalue weighted by Gasteiger charge is -2.15. The summed E-state index contributed by atoms with van der Waals surface area (Å²) in [5.41, 5.74) is 1.63. The summed E-state index contributed by atoms with van der Waals surface area (Å²) >= 11 is 5.98. The summed E-state index contributed by atoms with van der Waals surface area (Å²) in [5, 5.41) is 1.51. The Hall–Kier alpha value is -1.10. The van der Waals surface area contributed by atoms with Crippen LogP contribution in [0.25, 0.3) is 10.9 Å². The average molecular weight is 310 g/mol. The Balaban J connectivity index is 2.12. The van der Waals surface area contributed by atoms with Crippen molar-refractivity contribution in [2.24, 2.45) is 0 Å². The van der Waals surface area contributed by atoms with Gasteiger partial charge in [-0.15, -0.1) is 0 Å². The van der Waals surface area contributed by atoms with E-state index in [0.717, 1.165) is 29.8 Å². The molecule has 1 aromatic heterocycles. The number of nitrogens with zero attached hydrogens (tertiary/aromatic N) is 1. The van der Waals surface area contributed by atoms with Crippen molar-refractivity contribution in [3.05, 3.63) is 35.0 Å². The minimum atomic E-state index is -1.07. The van der Waals surface area contributed by atoms with E-state index in [-0.39, 0.29) is 0 Å². The predicted molar refractivity (Wildman–Crippen MR) is 86.4 cm³/mol. The van der Waals surface area contributed by atoms with Gasteiger partial charge in [-0.3, -0.25) is 4.79 Å². The molecule has 0 saturated carbocycles. The average Bonchev–Trinajstić information content (AvgIpc) is 2.71. The summed E-state index contributed by atoms with van der Waals surface area (Å²) < 4.78 is 7.70. The number of ether oxygens (including phenoxy) is 1. The number of benzene rings is 1. The lowest BCUT2D eigenvalue weighted by Crippen LogP contribution is -2.21. The summed E-state index contributed by atoms with van der Waals surface area (Å²) in [6.07, 6.45) is 2.68. The molecule has 108 valence electrons. The lowest BCUT2D eigenvalue weighted by molar-refractivity contribution is 0.0901. The number of hydrogen-bond acceptors (Lipinski definition) is 2. The first-order valence-electron chi connectivity index (χ1n) is 6.72. The normalized spacial score (nSPS) is 12.0. The molecule has 0 aliphatic heterocycles. The zero-order chi connectivity index (χ0) is 14.8. The molecule has 0 fully saturated rings. The summed E-state index contributed by atoms with van der Waals surface area (Å²) in [6, 6.07) is 6.71. The van der Waals surface area contributed by atoms with E-state index in [0.29, 0.717) is 17.3 Å². The third-order valence-electron chi connectivity index (χ3n) is 3.23. The van der Waals surface area contributed by atoms with Crippen molar-refractivity contribution in [1.29, 1.82) is 0 Å². The minimum absolute atomic E-state index is 0.469. The third kappa shape index (κ3) is 3.72. The first kappa shape index (κ1) is 15.3. The predicted octanol–water partition coefficient (Wildman–Crippen LogP) is 4.42. The van der Waals surface area contributed by atoms with Crippen LogP contribution < -0.4 is 0 Å². The number of aldehydes is 1. The van der Waals surface area contributed by atoms with E-state index < -0.39 is 8.07 Å². The molecule has 0 bridgehead atoms. The van der Waals surface area contributed by atoms with Gasteiger partial charge in [0.25, 0.3) is 0 Å². The highest BCUT2D eigenvalue weighted by molar-refractivity contribution is 6.76. The van der Waals surface area contributed by atoms with Crippen LogP contribution in [-0.2, 0) is 11.5 Å². The van der Waals surface area contributed by atoms with Gasteiger partial charge in [0.1, 0.15) is 6.73 Å². The molecule has 0 unspecified atom stereocenters. The Kier molecular flexibility index (Phi) is 4.68. The van der Waals surface area contributed by atoms with Crippen LogP contribution in [0.1, 0.15) is 10.4 Å². The van der Waals surface area contributed by atoms with Gasteiger partial charge in [0.2, 0.25) is 0 Å². The standard InChI is InChI=1S/C15H20ClNO2Si/c1-20(2,3)7-6-19-11-17-9-12(10-18)14-8-13(16)4-5-15(14)17/h4-5,8-10H,6-7,11H2,1-3H3. The Bertz CT molecular complexity index is 616. The summed E-state index contributed by atoms with van der Waals surface area (Å²) in [5.74, 6) is 0. The molecule has 0 saturated heterocycles. The number of carbonyl (C=O) groups excluding carboxylic acids is 1. The van der Waals surface area contributed by atoms with Crippen LogP contribution >= 0.6 is 11.6 Å². The maximum absolute atomic E-state index is 11.1. The number of aromatic nitrogens is 1. The number of halogens is 1. The molecule has 0 aliphatic carbocycles. The topological polar surface area (TPSA) is 31.2 Å². The van der Waals surface area contributed by atoms with Gasteiger partial charge >= 0.3 is 0 Å². The molecule has 0 atom stereocenters. The first-order valence-corrected chi connectivity index (χ1v) is 10.8.